The number of carbonyl (C=O) groups is 1. The second kappa shape index (κ2) is 5.78. The molecule has 1 aromatic rings. The van der Waals surface area contributed by atoms with Gasteiger partial charge in [-0.1, -0.05) is 18.2 Å². The van der Waals surface area contributed by atoms with E-state index < -0.39 is 0 Å². The van der Waals surface area contributed by atoms with E-state index in [1.54, 1.807) is 24.3 Å². The van der Waals surface area contributed by atoms with Crippen LogP contribution in [0.3, 0.4) is 0 Å². The molecule has 0 bridgehead atoms. The first-order valence-electron chi connectivity index (χ1n) is 4.63. The number of rotatable bonds is 4. The molecule has 15 heavy (non-hydrogen) atoms. The SMILES string of the molecule is N#CCc1ccccc1C(=O)NCCO. The highest BCUT2D eigenvalue weighted by Crippen LogP contribution is 2.08. The fourth-order valence-corrected chi connectivity index (χ4v) is 1.25. The molecule has 1 amide bonds. The molecule has 0 saturated heterocycles. The summed E-state index contributed by atoms with van der Waals surface area (Å²) in [6, 6.07) is 8.95. The monoisotopic (exact) mass is 204 g/mol. The van der Waals surface area contributed by atoms with Gasteiger partial charge in [0.2, 0.25) is 0 Å². The van der Waals surface area contributed by atoms with Gasteiger partial charge in [-0.05, 0) is 11.6 Å². The van der Waals surface area contributed by atoms with Crippen molar-refractivity contribution in [3.8, 4) is 6.07 Å². The lowest BCUT2D eigenvalue weighted by Gasteiger charge is -2.06. The maximum absolute atomic E-state index is 11.6. The van der Waals surface area contributed by atoms with Gasteiger partial charge in [0.05, 0.1) is 19.1 Å². The Kier molecular flexibility index (Phi) is 4.32. The minimum absolute atomic E-state index is 0.0911. The molecule has 0 radical (unpaired) electrons. The van der Waals surface area contributed by atoms with Crippen LogP contribution in [0.5, 0.6) is 0 Å². The Balaban J connectivity index is 2.83. The lowest BCUT2D eigenvalue weighted by Crippen LogP contribution is -2.27. The third-order valence-electron chi connectivity index (χ3n) is 1.93. The quantitative estimate of drug-likeness (QED) is 0.749. The van der Waals surface area contributed by atoms with E-state index in [0.717, 1.165) is 0 Å². The Hall–Kier alpha value is -1.86. The number of hydrogen-bond acceptors (Lipinski definition) is 3. The number of hydrogen-bond donors (Lipinski definition) is 2. The Morgan fingerprint density at radius 1 is 1.47 bits per heavy atom. The summed E-state index contributed by atoms with van der Waals surface area (Å²) in [4.78, 5) is 11.6. The van der Waals surface area contributed by atoms with E-state index >= 15 is 0 Å². The molecule has 2 N–H and O–H groups in total. The lowest BCUT2D eigenvalue weighted by molar-refractivity contribution is 0.0944. The van der Waals surface area contributed by atoms with Crippen LogP contribution in [-0.4, -0.2) is 24.2 Å². The molecule has 0 spiro atoms. The van der Waals surface area contributed by atoms with Crippen LogP contribution in [-0.2, 0) is 6.42 Å². The Labute approximate surface area is 88.2 Å². The molecular formula is C11H12N2O2. The van der Waals surface area contributed by atoms with Crippen LogP contribution < -0.4 is 5.32 Å². The van der Waals surface area contributed by atoms with E-state index in [-0.39, 0.29) is 25.5 Å². The van der Waals surface area contributed by atoms with E-state index in [1.165, 1.54) is 0 Å². The largest absolute Gasteiger partial charge is 0.395 e. The zero-order chi connectivity index (χ0) is 11.1. The number of nitriles is 1. The predicted molar refractivity (Wildman–Crippen MR) is 55.2 cm³/mol. The summed E-state index contributed by atoms with van der Waals surface area (Å²) in [6.45, 7) is 0.131. The standard InChI is InChI=1S/C11H12N2O2/c12-6-5-9-3-1-2-4-10(9)11(15)13-7-8-14/h1-4,14H,5,7-8H2,(H,13,15). The third-order valence-corrected chi connectivity index (χ3v) is 1.93. The summed E-state index contributed by atoms with van der Waals surface area (Å²) >= 11 is 0. The molecule has 78 valence electrons. The van der Waals surface area contributed by atoms with Crippen LogP contribution in [0.4, 0.5) is 0 Å². The van der Waals surface area contributed by atoms with Crippen LogP contribution in [0.1, 0.15) is 15.9 Å². The molecule has 0 heterocycles. The van der Waals surface area contributed by atoms with Gasteiger partial charge in [-0.3, -0.25) is 4.79 Å². The second-order valence-electron chi connectivity index (χ2n) is 2.97. The van der Waals surface area contributed by atoms with Crippen molar-refractivity contribution in [3.05, 3.63) is 35.4 Å². The number of carbonyl (C=O) groups excluding carboxylic acids is 1. The molecule has 0 aromatic heterocycles. The molecule has 0 fully saturated rings. The van der Waals surface area contributed by atoms with E-state index in [1.807, 2.05) is 6.07 Å². The van der Waals surface area contributed by atoms with Gasteiger partial charge < -0.3 is 10.4 Å². The van der Waals surface area contributed by atoms with E-state index in [4.69, 9.17) is 10.4 Å². The van der Waals surface area contributed by atoms with Crippen molar-refractivity contribution in [2.45, 2.75) is 6.42 Å². The maximum Gasteiger partial charge on any atom is 0.251 e. The zero-order valence-corrected chi connectivity index (χ0v) is 8.23. The first kappa shape index (κ1) is 11.2. The van der Waals surface area contributed by atoms with Gasteiger partial charge >= 0.3 is 0 Å². The van der Waals surface area contributed by atoms with Crippen LogP contribution in [0.25, 0.3) is 0 Å². The smallest absolute Gasteiger partial charge is 0.251 e. The van der Waals surface area contributed by atoms with Crippen LogP contribution in [0.2, 0.25) is 0 Å². The van der Waals surface area contributed by atoms with Gasteiger partial charge in [0, 0.05) is 12.1 Å². The van der Waals surface area contributed by atoms with E-state index in [9.17, 15) is 4.79 Å². The first-order chi connectivity index (χ1) is 7.29. The van der Waals surface area contributed by atoms with Crippen molar-refractivity contribution in [1.29, 1.82) is 5.26 Å². The third kappa shape index (κ3) is 3.08. The van der Waals surface area contributed by atoms with Gasteiger partial charge in [0.1, 0.15) is 0 Å². The average Bonchev–Trinajstić information content (AvgIpc) is 2.27. The molecular weight excluding hydrogens is 192 g/mol. The molecule has 4 nitrogen and oxygen atoms in total. The normalized spacial score (nSPS) is 9.33. The fourth-order valence-electron chi connectivity index (χ4n) is 1.25. The average molecular weight is 204 g/mol. The molecule has 1 rings (SSSR count). The Bertz CT molecular complexity index is 382. The topological polar surface area (TPSA) is 73.1 Å². The molecule has 0 aliphatic rings. The first-order valence-corrected chi connectivity index (χ1v) is 4.63. The predicted octanol–water partition coefficient (Wildman–Crippen LogP) is 0.475. The molecule has 0 aliphatic carbocycles. The molecule has 0 saturated carbocycles. The van der Waals surface area contributed by atoms with Crippen molar-refractivity contribution in [2.24, 2.45) is 0 Å². The molecule has 1 aromatic carbocycles. The number of nitrogens with zero attached hydrogens (tertiary/aromatic N) is 1. The summed E-state index contributed by atoms with van der Waals surface area (Å²) in [7, 11) is 0. The molecule has 0 atom stereocenters. The molecule has 0 aliphatic heterocycles. The zero-order valence-electron chi connectivity index (χ0n) is 8.23. The number of amides is 1. The number of aliphatic hydroxyl groups is 1. The number of nitrogens with one attached hydrogen (secondary N) is 1. The van der Waals surface area contributed by atoms with Crippen molar-refractivity contribution in [3.63, 3.8) is 0 Å². The summed E-state index contributed by atoms with van der Waals surface area (Å²) in [5.41, 5.74) is 1.20. The van der Waals surface area contributed by atoms with Crippen molar-refractivity contribution in [2.75, 3.05) is 13.2 Å². The minimum atomic E-state index is -0.255. The second-order valence-corrected chi connectivity index (χ2v) is 2.97. The van der Waals surface area contributed by atoms with E-state index in [0.29, 0.717) is 11.1 Å². The van der Waals surface area contributed by atoms with E-state index in [2.05, 4.69) is 5.32 Å². The number of aliphatic hydroxyl groups excluding tert-OH is 1. The number of benzene rings is 1. The highest BCUT2D eigenvalue weighted by Gasteiger charge is 2.09. The molecule has 4 heteroatoms. The summed E-state index contributed by atoms with van der Waals surface area (Å²) in [5.74, 6) is -0.255. The van der Waals surface area contributed by atoms with Gasteiger partial charge in [-0.15, -0.1) is 0 Å². The van der Waals surface area contributed by atoms with Crippen LogP contribution >= 0.6 is 0 Å². The van der Waals surface area contributed by atoms with Gasteiger partial charge in [-0.25, -0.2) is 0 Å². The summed E-state index contributed by atoms with van der Waals surface area (Å²) < 4.78 is 0. The molecule has 0 unspecified atom stereocenters. The Morgan fingerprint density at radius 3 is 2.87 bits per heavy atom. The summed E-state index contributed by atoms with van der Waals surface area (Å²) in [6.07, 6.45) is 0.211. The highest BCUT2D eigenvalue weighted by atomic mass is 16.3. The maximum atomic E-state index is 11.6. The lowest BCUT2D eigenvalue weighted by atomic mass is 10.0. The van der Waals surface area contributed by atoms with Gasteiger partial charge in [0.25, 0.3) is 5.91 Å². The van der Waals surface area contributed by atoms with Crippen LogP contribution in [0, 0.1) is 11.3 Å². The van der Waals surface area contributed by atoms with Gasteiger partial charge in [-0.2, -0.15) is 5.26 Å². The van der Waals surface area contributed by atoms with Crippen molar-refractivity contribution < 1.29 is 9.90 Å². The summed E-state index contributed by atoms with van der Waals surface area (Å²) in [5, 5.41) is 19.7. The van der Waals surface area contributed by atoms with Crippen molar-refractivity contribution in [1.82, 2.24) is 5.32 Å². The van der Waals surface area contributed by atoms with Crippen molar-refractivity contribution >= 4 is 5.91 Å². The van der Waals surface area contributed by atoms with Gasteiger partial charge in [0.15, 0.2) is 0 Å². The fraction of sp³-hybridized carbons (Fsp3) is 0.273. The minimum Gasteiger partial charge on any atom is -0.395 e. The Morgan fingerprint density at radius 2 is 2.20 bits per heavy atom. The highest BCUT2D eigenvalue weighted by molar-refractivity contribution is 5.95. The van der Waals surface area contributed by atoms with Crippen LogP contribution in [0.15, 0.2) is 24.3 Å².